The van der Waals surface area contributed by atoms with Crippen LogP contribution in [0.3, 0.4) is 0 Å². The normalized spacial score (nSPS) is 16.7. The van der Waals surface area contributed by atoms with Crippen molar-refractivity contribution in [3.05, 3.63) is 84.4 Å². The number of hydrogen-bond acceptors (Lipinski definition) is 8. The Morgan fingerprint density at radius 1 is 0.767 bits per heavy atom. The largest absolute Gasteiger partial charge is 0.469 e. The fourth-order valence-electron chi connectivity index (χ4n) is 5.43. The molecule has 3 aliphatic rings. The van der Waals surface area contributed by atoms with Crippen molar-refractivity contribution in [2.24, 2.45) is 0 Å². The molecule has 0 radical (unpaired) electrons. The second kappa shape index (κ2) is 14.6. The highest BCUT2D eigenvalue weighted by atomic mass is 35.5. The number of Topliss-reactive ketones (excluding diaryl/α,β-unsaturated/α-hetero) is 3. The average molecular weight is 626 g/mol. The molecule has 0 atom stereocenters. The van der Waals surface area contributed by atoms with E-state index < -0.39 is 10.0 Å². The van der Waals surface area contributed by atoms with Gasteiger partial charge in [-0.2, -0.15) is 0 Å². The van der Waals surface area contributed by atoms with E-state index in [0.717, 1.165) is 73.4 Å². The van der Waals surface area contributed by atoms with Gasteiger partial charge in [-0.05, 0) is 49.2 Å². The molecule has 4 aromatic rings. The molecule has 1 aliphatic heterocycles. The molecule has 228 valence electrons. The molecular weight excluding hydrogens is 590 g/mol. The van der Waals surface area contributed by atoms with Crippen LogP contribution in [0, 0.1) is 0 Å². The maximum absolute atomic E-state index is 12.9. The summed E-state index contributed by atoms with van der Waals surface area (Å²) in [5, 5.41) is 4.31. The lowest BCUT2D eigenvalue weighted by Gasteiger charge is -2.30. The van der Waals surface area contributed by atoms with E-state index in [1.54, 1.807) is 42.8 Å². The van der Waals surface area contributed by atoms with Gasteiger partial charge in [0.2, 0.25) is 0 Å². The minimum Gasteiger partial charge on any atom is -0.469 e. The van der Waals surface area contributed by atoms with Gasteiger partial charge in [-0.25, -0.2) is 12.4 Å². The Balaban J connectivity index is 0.000000182. The van der Waals surface area contributed by atoms with Crippen molar-refractivity contribution in [1.82, 2.24) is 9.29 Å². The van der Waals surface area contributed by atoms with E-state index in [1.165, 1.54) is 3.97 Å². The molecule has 0 unspecified atom stereocenters. The Kier molecular flexibility index (Phi) is 11.0. The average Bonchev–Trinajstić information content (AvgIpc) is 3.67. The third-order valence-corrected chi connectivity index (χ3v) is 9.30. The molecule has 0 spiro atoms. The van der Waals surface area contributed by atoms with Gasteiger partial charge in [-0.15, -0.1) is 12.4 Å². The number of rotatable bonds is 3. The molecule has 2 aliphatic carbocycles. The first-order valence-electron chi connectivity index (χ1n) is 14.3. The van der Waals surface area contributed by atoms with Crippen LogP contribution in [0.15, 0.2) is 82.4 Å². The zero-order chi connectivity index (χ0) is 29.5. The molecule has 2 aromatic carbocycles. The van der Waals surface area contributed by atoms with Crippen LogP contribution in [0.4, 0.5) is 5.69 Å². The lowest BCUT2D eigenvalue weighted by Crippen LogP contribution is -2.43. The number of hydrogen-bond donors (Lipinski definition) is 1. The molecule has 9 nitrogen and oxygen atoms in total. The lowest BCUT2D eigenvalue weighted by molar-refractivity contribution is -0.129. The van der Waals surface area contributed by atoms with Gasteiger partial charge < -0.3 is 14.6 Å². The molecule has 1 N–H and O–H groups in total. The summed E-state index contributed by atoms with van der Waals surface area (Å²) < 4.78 is 32.4. The van der Waals surface area contributed by atoms with Gasteiger partial charge in [0, 0.05) is 69.1 Å². The predicted octanol–water partition coefficient (Wildman–Crippen LogP) is 5.21. The fraction of sp³-hybridized carbons (Fsp3) is 0.344. The summed E-state index contributed by atoms with van der Waals surface area (Å²) in [5.74, 6) is 1.33. The van der Waals surface area contributed by atoms with Crippen molar-refractivity contribution < 1.29 is 27.2 Å². The molecule has 7 rings (SSSR count). The number of carbonyl (C=O) groups is 3. The Morgan fingerprint density at radius 3 is 2.12 bits per heavy atom. The highest BCUT2D eigenvalue weighted by Gasteiger charge is 2.21. The Bertz CT molecular complexity index is 1660. The van der Waals surface area contributed by atoms with Gasteiger partial charge >= 0.3 is 0 Å². The number of furan rings is 1. The van der Waals surface area contributed by atoms with E-state index in [1.807, 2.05) is 24.3 Å². The predicted molar refractivity (Wildman–Crippen MR) is 168 cm³/mol. The molecule has 2 aromatic heterocycles. The number of nitrogens with zero attached hydrogens (tertiary/aromatic N) is 2. The molecule has 0 amide bonds. The van der Waals surface area contributed by atoms with Crippen molar-refractivity contribution in [2.75, 3.05) is 31.1 Å². The standard InChI is InChI=1S/C18H19N3O2S.C8H8O2.C6H8O2.ClH/c22-24(23,15-5-2-1-3-6-15)21-12-9-16-17(7-4-8-18(16)21)20-13-10-19-11-14-20;9-7-2-1-3-8-6(7)4-5-10-8;7-5-2-1-3-6(8)4-5;/h1-9,12,19H,10-11,13-14H2;4-5H,1-3H2;1-4H2;1H. The van der Waals surface area contributed by atoms with Gasteiger partial charge in [0.25, 0.3) is 10.0 Å². The van der Waals surface area contributed by atoms with Crippen LogP contribution in [0.5, 0.6) is 0 Å². The van der Waals surface area contributed by atoms with Crippen molar-refractivity contribution in [3.63, 3.8) is 0 Å². The first-order chi connectivity index (χ1) is 20.3. The molecule has 0 bridgehead atoms. The second-order valence-corrected chi connectivity index (χ2v) is 12.3. The summed E-state index contributed by atoms with van der Waals surface area (Å²) in [5.41, 5.74) is 2.61. The number of aromatic nitrogens is 1. The number of halogens is 1. The van der Waals surface area contributed by atoms with Crippen molar-refractivity contribution >= 4 is 56.4 Å². The first-order valence-corrected chi connectivity index (χ1v) is 15.8. The van der Waals surface area contributed by atoms with Crippen LogP contribution in [0.1, 0.15) is 54.6 Å². The summed E-state index contributed by atoms with van der Waals surface area (Å²) in [6.07, 6.45) is 8.00. The minimum absolute atomic E-state index is 0. The van der Waals surface area contributed by atoms with E-state index >= 15 is 0 Å². The van der Waals surface area contributed by atoms with Crippen molar-refractivity contribution in [3.8, 4) is 0 Å². The first kappa shape index (κ1) is 32.2. The van der Waals surface area contributed by atoms with Crippen LogP contribution >= 0.6 is 12.4 Å². The smallest absolute Gasteiger partial charge is 0.268 e. The molecule has 1 saturated heterocycles. The number of piperazine rings is 1. The highest BCUT2D eigenvalue weighted by Crippen LogP contribution is 2.30. The van der Waals surface area contributed by atoms with Crippen LogP contribution in [0.2, 0.25) is 0 Å². The molecular formula is C32H36ClN3O6S. The number of carbonyl (C=O) groups excluding carboxylic acids is 3. The highest BCUT2D eigenvalue weighted by molar-refractivity contribution is 7.90. The van der Waals surface area contributed by atoms with Crippen LogP contribution in [-0.4, -0.2) is 55.9 Å². The maximum Gasteiger partial charge on any atom is 0.268 e. The van der Waals surface area contributed by atoms with Crippen molar-refractivity contribution in [2.45, 2.75) is 49.8 Å². The molecule has 11 heteroatoms. The number of aryl methyl sites for hydroxylation is 1. The molecule has 2 fully saturated rings. The van der Waals surface area contributed by atoms with E-state index in [2.05, 4.69) is 16.3 Å². The monoisotopic (exact) mass is 625 g/mol. The summed E-state index contributed by atoms with van der Waals surface area (Å²) in [6, 6.07) is 18.1. The van der Waals surface area contributed by atoms with Crippen LogP contribution in [-0.2, 0) is 26.0 Å². The van der Waals surface area contributed by atoms with E-state index in [9.17, 15) is 22.8 Å². The lowest BCUT2D eigenvalue weighted by atomic mass is 9.98. The number of nitrogens with one attached hydrogen (secondary N) is 1. The van der Waals surface area contributed by atoms with E-state index in [4.69, 9.17) is 4.42 Å². The minimum atomic E-state index is -3.58. The summed E-state index contributed by atoms with van der Waals surface area (Å²) in [7, 11) is -3.58. The SMILES string of the molecule is Cl.O=C1CCCC(=O)C1.O=C1CCCc2occc21.O=S(=O)(c1ccccc1)n1ccc2c(N3CCNCC3)cccc21. The second-order valence-electron chi connectivity index (χ2n) is 10.5. The third kappa shape index (κ3) is 7.62. The summed E-state index contributed by atoms with van der Waals surface area (Å²) in [4.78, 5) is 34.6. The molecule has 43 heavy (non-hydrogen) atoms. The van der Waals surface area contributed by atoms with Gasteiger partial charge in [0.05, 0.1) is 28.7 Å². The van der Waals surface area contributed by atoms with Crippen molar-refractivity contribution in [1.29, 1.82) is 0 Å². The van der Waals surface area contributed by atoms with Gasteiger partial charge in [-0.3, -0.25) is 14.4 Å². The third-order valence-electron chi connectivity index (χ3n) is 7.59. The zero-order valence-corrected chi connectivity index (χ0v) is 25.5. The Hall–Kier alpha value is -3.73. The summed E-state index contributed by atoms with van der Waals surface area (Å²) in [6.45, 7) is 3.74. The number of anilines is 1. The van der Waals surface area contributed by atoms with Crippen LogP contribution < -0.4 is 10.2 Å². The quantitative estimate of drug-likeness (QED) is 0.308. The topological polar surface area (TPSA) is 119 Å². The fourth-order valence-corrected chi connectivity index (χ4v) is 6.80. The van der Waals surface area contributed by atoms with E-state index in [0.29, 0.717) is 24.2 Å². The van der Waals surface area contributed by atoms with Gasteiger partial charge in [0.15, 0.2) is 5.78 Å². The number of ketones is 3. The number of benzene rings is 2. The van der Waals surface area contributed by atoms with Gasteiger partial charge in [0.1, 0.15) is 17.3 Å². The summed E-state index contributed by atoms with van der Waals surface area (Å²) >= 11 is 0. The Morgan fingerprint density at radius 2 is 1.47 bits per heavy atom. The maximum atomic E-state index is 12.9. The molecule has 1 saturated carbocycles. The van der Waals surface area contributed by atoms with Gasteiger partial charge in [-0.1, -0.05) is 24.3 Å². The van der Waals surface area contributed by atoms with Crippen LogP contribution in [0.25, 0.3) is 10.9 Å². The molecule has 3 heterocycles. The number of fused-ring (bicyclic) bond motifs is 2. The zero-order valence-electron chi connectivity index (χ0n) is 23.9. The van der Waals surface area contributed by atoms with E-state index in [-0.39, 0.29) is 36.2 Å². The Labute approximate surface area is 257 Å².